The normalized spacial score (nSPS) is 18.4. The van der Waals surface area contributed by atoms with Gasteiger partial charge in [-0.2, -0.15) is 4.98 Å². The Labute approximate surface area is 187 Å². The minimum absolute atomic E-state index is 0. The number of carbonyl (C=O) groups excluding carboxylic acids is 1. The fourth-order valence-corrected chi connectivity index (χ4v) is 4.04. The average Bonchev–Trinajstić information content (AvgIpc) is 3.17. The van der Waals surface area contributed by atoms with Crippen LogP contribution in [0.5, 0.6) is 0 Å². The maximum atomic E-state index is 12.6. The Balaban J connectivity index is 0.00000240. The standard InChI is InChI=1S/C19H18N4O4S.HI/c1-22-9-13(8-12-4-2-3-5-14(12)22)18(25)20-15-6-7-23(19(26)21-15)16-11-28-17(10-24)27-16;/h2-9,16-17,24H,10-11H2,1H3;1H/t16-,17+;/m0./s1. The van der Waals surface area contributed by atoms with Crippen LogP contribution in [-0.4, -0.2) is 38.4 Å². The predicted molar refractivity (Wildman–Crippen MR) is 105 cm³/mol. The number of thioether (sulfide) groups is 1. The van der Waals surface area contributed by atoms with Crippen LogP contribution in [0.1, 0.15) is 16.6 Å². The van der Waals surface area contributed by atoms with Crippen molar-refractivity contribution >= 4 is 34.4 Å². The Kier molecular flexibility index (Phi) is 6.88. The van der Waals surface area contributed by atoms with Gasteiger partial charge >= 0.3 is 5.69 Å². The molecule has 1 saturated heterocycles. The van der Waals surface area contributed by atoms with Crippen LogP contribution in [0.15, 0.2) is 53.6 Å². The van der Waals surface area contributed by atoms with Crippen LogP contribution >= 0.6 is 11.8 Å². The highest BCUT2D eigenvalue weighted by Gasteiger charge is 2.27. The number of aliphatic hydroxyl groups is 1. The fraction of sp³-hybridized carbons (Fsp3) is 0.263. The minimum atomic E-state index is -0.522. The van der Waals surface area contributed by atoms with Gasteiger partial charge in [-0.25, -0.2) is 9.36 Å². The van der Waals surface area contributed by atoms with Gasteiger partial charge in [0.15, 0.2) is 6.20 Å². The zero-order chi connectivity index (χ0) is 19.7. The van der Waals surface area contributed by atoms with Gasteiger partial charge < -0.3 is 39.1 Å². The Morgan fingerprint density at radius 1 is 1.41 bits per heavy atom. The molecule has 29 heavy (non-hydrogen) atoms. The van der Waals surface area contributed by atoms with Crippen LogP contribution in [0.3, 0.4) is 0 Å². The first-order chi connectivity index (χ1) is 13.5. The molecule has 2 N–H and O–H groups in total. The van der Waals surface area contributed by atoms with Gasteiger partial charge in [0.1, 0.15) is 30.1 Å². The molecule has 10 heteroatoms. The van der Waals surface area contributed by atoms with Gasteiger partial charge in [-0.05, 0) is 18.2 Å². The van der Waals surface area contributed by atoms with E-state index in [2.05, 4.69) is 10.3 Å². The molecule has 0 unspecified atom stereocenters. The SMILES string of the molecule is C[n+]1cc(C(=O)Nc2ccn([C@@H]3CS[C@H](CO)O3)c(=O)n2)cc2ccccc21.[I-]. The van der Waals surface area contributed by atoms with Crippen molar-refractivity contribution in [2.24, 2.45) is 7.05 Å². The van der Waals surface area contributed by atoms with Gasteiger partial charge in [-0.1, -0.05) is 12.1 Å². The number of ether oxygens (including phenoxy) is 1. The van der Waals surface area contributed by atoms with E-state index < -0.39 is 11.9 Å². The van der Waals surface area contributed by atoms with Crippen molar-refractivity contribution in [2.45, 2.75) is 11.7 Å². The van der Waals surface area contributed by atoms with Gasteiger partial charge in [-0.3, -0.25) is 9.36 Å². The van der Waals surface area contributed by atoms with Crippen LogP contribution in [0.4, 0.5) is 5.82 Å². The van der Waals surface area contributed by atoms with E-state index >= 15 is 0 Å². The molecule has 152 valence electrons. The summed E-state index contributed by atoms with van der Waals surface area (Å²) in [6.07, 6.45) is 2.79. The second-order valence-corrected chi connectivity index (χ2v) is 7.58. The number of anilines is 1. The summed E-state index contributed by atoms with van der Waals surface area (Å²) in [5.74, 6) is 0.372. The molecule has 0 radical (unpaired) electrons. The number of aromatic nitrogens is 3. The lowest BCUT2D eigenvalue weighted by atomic mass is 10.1. The third-order valence-electron chi connectivity index (χ3n) is 4.49. The molecule has 1 fully saturated rings. The topological polar surface area (TPSA) is 97.3 Å². The van der Waals surface area contributed by atoms with Crippen molar-refractivity contribution in [3.8, 4) is 0 Å². The Morgan fingerprint density at radius 3 is 2.93 bits per heavy atom. The highest BCUT2D eigenvalue weighted by atomic mass is 127. The van der Waals surface area contributed by atoms with Crippen molar-refractivity contribution < 1.29 is 43.2 Å². The van der Waals surface area contributed by atoms with E-state index in [1.807, 2.05) is 35.9 Å². The van der Waals surface area contributed by atoms with Crippen molar-refractivity contribution in [1.82, 2.24) is 9.55 Å². The lowest BCUT2D eigenvalue weighted by Gasteiger charge is -2.14. The van der Waals surface area contributed by atoms with E-state index in [1.165, 1.54) is 22.5 Å². The van der Waals surface area contributed by atoms with Crippen molar-refractivity contribution in [1.29, 1.82) is 0 Å². The minimum Gasteiger partial charge on any atom is -1.00 e. The van der Waals surface area contributed by atoms with Crippen LogP contribution in [0, 0.1) is 0 Å². The molecule has 0 saturated carbocycles. The number of nitrogens with zero attached hydrogens (tertiary/aromatic N) is 3. The second kappa shape index (κ2) is 9.20. The molecule has 4 rings (SSSR count). The number of hydrogen-bond acceptors (Lipinski definition) is 6. The second-order valence-electron chi connectivity index (χ2n) is 6.39. The summed E-state index contributed by atoms with van der Waals surface area (Å²) >= 11 is 1.44. The largest absolute Gasteiger partial charge is 1.00 e. The summed E-state index contributed by atoms with van der Waals surface area (Å²) in [6.45, 7) is -0.110. The highest BCUT2D eigenvalue weighted by Crippen LogP contribution is 2.30. The van der Waals surface area contributed by atoms with E-state index in [-0.39, 0.29) is 47.7 Å². The van der Waals surface area contributed by atoms with Gasteiger partial charge in [-0.15, -0.1) is 11.8 Å². The first-order valence-electron chi connectivity index (χ1n) is 8.72. The van der Waals surface area contributed by atoms with Gasteiger partial charge in [0, 0.05) is 23.4 Å². The molecule has 0 bridgehead atoms. The van der Waals surface area contributed by atoms with Gasteiger partial charge in [0.2, 0.25) is 5.52 Å². The molecular formula is C19H19IN4O4S. The van der Waals surface area contributed by atoms with Gasteiger partial charge in [0.05, 0.1) is 6.61 Å². The Hall–Kier alpha value is -2.02. The fourth-order valence-electron chi connectivity index (χ4n) is 3.11. The zero-order valence-corrected chi connectivity index (χ0v) is 18.5. The van der Waals surface area contributed by atoms with Crippen molar-refractivity contribution in [2.75, 3.05) is 17.7 Å². The third kappa shape index (κ3) is 4.60. The number of aryl methyl sites for hydroxylation is 1. The molecule has 1 amide bonds. The summed E-state index contributed by atoms with van der Waals surface area (Å²) < 4.78 is 8.80. The number of rotatable bonds is 4. The number of para-hydroxylation sites is 1. The predicted octanol–water partition coefficient (Wildman–Crippen LogP) is -1.94. The number of pyridine rings is 1. The molecule has 0 spiro atoms. The quantitative estimate of drug-likeness (QED) is 0.304. The molecule has 8 nitrogen and oxygen atoms in total. The molecular weight excluding hydrogens is 507 g/mol. The summed E-state index contributed by atoms with van der Waals surface area (Å²) in [7, 11) is 1.87. The summed E-state index contributed by atoms with van der Waals surface area (Å²) in [5, 5.41) is 12.7. The zero-order valence-electron chi connectivity index (χ0n) is 15.5. The van der Waals surface area contributed by atoms with Gasteiger partial charge in [0.25, 0.3) is 5.91 Å². The van der Waals surface area contributed by atoms with Crippen LogP contribution in [-0.2, 0) is 11.8 Å². The smallest absolute Gasteiger partial charge is 0.351 e. The third-order valence-corrected chi connectivity index (χ3v) is 5.60. The molecule has 2 atom stereocenters. The Morgan fingerprint density at radius 2 is 2.21 bits per heavy atom. The molecule has 1 aliphatic rings. The van der Waals surface area contributed by atoms with E-state index in [9.17, 15) is 9.59 Å². The van der Waals surface area contributed by atoms with Crippen LogP contribution in [0.25, 0.3) is 10.9 Å². The number of hydrogen-bond donors (Lipinski definition) is 2. The number of amides is 1. The van der Waals surface area contributed by atoms with E-state index in [0.29, 0.717) is 11.3 Å². The maximum Gasteiger partial charge on any atom is 0.351 e. The molecule has 3 heterocycles. The number of carbonyl (C=O) groups is 1. The molecule has 1 aliphatic heterocycles. The number of halogens is 1. The Bertz CT molecular complexity index is 1110. The number of aliphatic hydroxyl groups excluding tert-OH is 1. The monoisotopic (exact) mass is 526 g/mol. The lowest BCUT2D eigenvalue weighted by Crippen LogP contribution is -3.00. The maximum absolute atomic E-state index is 12.6. The van der Waals surface area contributed by atoms with Crippen molar-refractivity contribution in [3.05, 3.63) is 64.8 Å². The molecule has 3 aromatic rings. The average molecular weight is 526 g/mol. The number of nitrogens with one attached hydrogen (secondary N) is 1. The van der Waals surface area contributed by atoms with Crippen LogP contribution < -0.4 is 39.6 Å². The molecule has 2 aromatic heterocycles. The lowest BCUT2D eigenvalue weighted by molar-refractivity contribution is -0.645. The molecule has 1 aromatic carbocycles. The first kappa shape index (κ1) is 21.7. The first-order valence-corrected chi connectivity index (χ1v) is 9.77. The summed E-state index contributed by atoms with van der Waals surface area (Å²) in [6, 6.07) is 11.1. The summed E-state index contributed by atoms with van der Waals surface area (Å²) in [5.41, 5.74) is 0.611. The van der Waals surface area contributed by atoms with Crippen molar-refractivity contribution in [3.63, 3.8) is 0 Å². The van der Waals surface area contributed by atoms with E-state index in [4.69, 9.17) is 9.84 Å². The summed E-state index contributed by atoms with van der Waals surface area (Å²) in [4.78, 5) is 28.9. The number of fused-ring (bicyclic) bond motifs is 1. The van der Waals surface area contributed by atoms with Crippen LogP contribution in [0.2, 0.25) is 0 Å². The highest BCUT2D eigenvalue weighted by molar-refractivity contribution is 8.00. The van der Waals surface area contributed by atoms with E-state index in [1.54, 1.807) is 18.3 Å². The van der Waals surface area contributed by atoms with E-state index in [0.717, 1.165) is 10.9 Å². The molecule has 0 aliphatic carbocycles. The number of benzene rings is 1.